The average Bonchev–Trinajstić information content (AvgIpc) is 2.57. The second-order valence-electron chi connectivity index (χ2n) is 5.63. The van der Waals surface area contributed by atoms with Crippen LogP contribution in [0.2, 0.25) is 0 Å². The number of likely N-dealkylation sites (N-methyl/N-ethyl adjacent to an activating group) is 1. The number of hydrogen-bond acceptors (Lipinski definition) is 4. The zero-order chi connectivity index (χ0) is 17.9. The van der Waals surface area contributed by atoms with Gasteiger partial charge in [0.15, 0.2) is 18.0 Å². The molecule has 1 atom stereocenters. The SMILES string of the molecule is CCCNC(=O)NC(=O)C[NH+](C)CCc1ccc(OC)c(OC)c1. The van der Waals surface area contributed by atoms with E-state index in [0.717, 1.165) is 29.8 Å². The molecule has 0 aliphatic heterocycles. The Hall–Kier alpha value is -2.28. The number of quaternary nitrogens is 1. The molecule has 0 heterocycles. The minimum absolute atomic E-state index is 0.243. The highest BCUT2D eigenvalue weighted by atomic mass is 16.5. The van der Waals surface area contributed by atoms with Gasteiger partial charge in [-0.25, -0.2) is 4.79 Å². The molecule has 1 aromatic carbocycles. The Kier molecular flexibility index (Phi) is 8.64. The summed E-state index contributed by atoms with van der Waals surface area (Å²) in [6, 6.07) is 5.35. The number of urea groups is 1. The summed E-state index contributed by atoms with van der Waals surface area (Å²) >= 11 is 0. The minimum atomic E-state index is -0.436. The molecule has 7 nitrogen and oxygen atoms in total. The van der Waals surface area contributed by atoms with Crippen LogP contribution in [-0.2, 0) is 11.2 Å². The van der Waals surface area contributed by atoms with Crippen LogP contribution in [-0.4, -0.2) is 52.8 Å². The second kappa shape index (κ2) is 10.5. The normalized spacial score (nSPS) is 11.5. The first-order valence-electron chi connectivity index (χ1n) is 8.10. The number of nitrogens with one attached hydrogen (secondary N) is 3. The van der Waals surface area contributed by atoms with E-state index in [1.165, 1.54) is 0 Å². The maximum Gasteiger partial charge on any atom is 0.321 e. The van der Waals surface area contributed by atoms with E-state index < -0.39 is 6.03 Å². The lowest BCUT2D eigenvalue weighted by Gasteiger charge is -2.14. The van der Waals surface area contributed by atoms with E-state index in [-0.39, 0.29) is 12.5 Å². The van der Waals surface area contributed by atoms with Crippen LogP contribution >= 0.6 is 0 Å². The van der Waals surface area contributed by atoms with E-state index in [1.54, 1.807) is 14.2 Å². The molecule has 0 fully saturated rings. The Labute approximate surface area is 143 Å². The largest absolute Gasteiger partial charge is 0.493 e. The third kappa shape index (κ3) is 6.87. The van der Waals surface area contributed by atoms with E-state index in [1.807, 2.05) is 32.2 Å². The standard InChI is InChI=1S/C17H27N3O4/c1-5-9-18-17(22)19-16(21)12-20(2)10-8-13-6-7-14(23-3)15(11-13)24-4/h6-7,11H,5,8-10,12H2,1-4H3,(H2,18,19,21,22)/p+1. The topological polar surface area (TPSA) is 81.1 Å². The first-order chi connectivity index (χ1) is 11.5. The van der Waals surface area contributed by atoms with Crippen LogP contribution in [0.3, 0.4) is 0 Å². The molecule has 7 heteroatoms. The van der Waals surface area contributed by atoms with E-state index in [2.05, 4.69) is 10.6 Å². The van der Waals surface area contributed by atoms with Crippen LogP contribution in [0.5, 0.6) is 11.5 Å². The van der Waals surface area contributed by atoms with Gasteiger partial charge in [-0.1, -0.05) is 13.0 Å². The Morgan fingerprint density at radius 1 is 1.17 bits per heavy atom. The van der Waals surface area contributed by atoms with Crippen LogP contribution < -0.4 is 25.0 Å². The zero-order valence-electron chi connectivity index (χ0n) is 14.9. The molecule has 0 radical (unpaired) electrons. The van der Waals surface area contributed by atoms with Gasteiger partial charge in [0.05, 0.1) is 27.8 Å². The van der Waals surface area contributed by atoms with Crippen molar-refractivity contribution in [2.45, 2.75) is 19.8 Å². The van der Waals surface area contributed by atoms with E-state index >= 15 is 0 Å². The maximum atomic E-state index is 11.8. The molecular weight excluding hydrogens is 310 g/mol. The third-order valence-electron chi connectivity index (χ3n) is 3.54. The summed E-state index contributed by atoms with van der Waals surface area (Å²) < 4.78 is 10.5. The lowest BCUT2D eigenvalue weighted by atomic mass is 10.1. The molecule has 1 rings (SSSR count). The Balaban J connectivity index is 2.41. The van der Waals surface area contributed by atoms with Crippen molar-refractivity contribution in [2.24, 2.45) is 0 Å². The second-order valence-corrected chi connectivity index (χ2v) is 5.63. The van der Waals surface area contributed by atoms with Gasteiger partial charge in [0, 0.05) is 13.0 Å². The molecule has 24 heavy (non-hydrogen) atoms. The third-order valence-corrected chi connectivity index (χ3v) is 3.54. The highest BCUT2D eigenvalue weighted by Gasteiger charge is 2.13. The summed E-state index contributed by atoms with van der Waals surface area (Å²) in [7, 11) is 5.13. The first-order valence-corrected chi connectivity index (χ1v) is 8.10. The van der Waals surface area contributed by atoms with Gasteiger partial charge >= 0.3 is 6.03 Å². The molecule has 0 aliphatic carbocycles. The van der Waals surface area contributed by atoms with Gasteiger partial charge in [0.1, 0.15) is 0 Å². The smallest absolute Gasteiger partial charge is 0.321 e. The summed E-state index contributed by atoms with van der Waals surface area (Å²) in [6.07, 6.45) is 1.62. The highest BCUT2D eigenvalue weighted by Crippen LogP contribution is 2.27. The quantitative estimate of drug-likeness (QED) is 0.592. The van der Waals surface area contributed by atoms with Crippen LogP contribution in [0.15, 0.2) is 18.2 Å². The van der Waals surface area contributed by atoms with Crippen molar-refractivity contribution in [3.8, 4) is 11.5 Å². The summed E-state index contributed by atoms with van der Waals surface area (Å²) in [5, 5.41) is 4.94. The van der Waals surface area contributed by atoms with Gasteiger partial charge in [-0.3, -0.25) is 10.1 Å². The molecule has 3 amide bonds. The monoisotopic (exact) mass is 338 g/mol. The van der Waals surface area contributed by atoms with Crippen molar-refractivity contribution in [3.05, 3.63) is 23.8 Å². The van der Waals surface area contributed by atoms with Gasteiger partial charge in [-0.05, 0) is 24.1 Å². The number of amides is 3. The van der Waals surface area contributed by atoms with Crippen molar-refractivity contribution in [3.63, 3.8) is 0 Å². The first kappa shape index (κ1) is 19.8. The number of methoxy groups -OCH3 is 2. The van der Waals surface area contributed by atoms with Gasteiger partial charge in [-0.2, -0.15) is 0 Å². The number of hydrogen-bond donors (Lipinski definition) is 3. The van der Waals surface area contributed by atoms with Crippen LogP contribution in [0.25, 0.3) is 0 Å². The Morgan fingerprint density at radius 3 is 2.50 bits per heavy atom. The van der Waals surface area contributed by atoms with E-state index in [9.17, 15) is 9.59 Å². The van der Waals surface area contributed by atoms with Crippen molar-refractivity contribution in [2.75, 3.05) is 40.9 Å². The number of carbonyl (C=O) groups excluding carboxylic acids is 2. The highest BCUT2D eigenvalue weighted by molar-refractivity contribution is 5.94. The van der Waals surface area contributed by atoms with Gasteiger partial charge in [0.2, 0.25) is 0 Å². The maximum absolute atomic E-state index is 11.8. The predicted octanol–water partition coefficient (Wildman–Crippen LogP) is -0.00320. The molecule has 0 bridgehead atoms. The molecule has 0 aromatic heterocycles. The van der Waals surface area contributed by atoms with Gasteiger partial charge < -0.3 is 19.7 Å². The molecular formula is C17H28N3O4+. The molecule has 0 spiro atoms. The van der Waals surface area contributed by atoms with Crippen LogP contribution in [0, 0.1) is 0 Å². The molecule has 0 aliphatic rings. The fourth-order valence-corrected chi connectivity index (χ4v) is 2.21. The molecule has 1 unspecified atom stereocenters. The number of benzene rings is 1. The number of imide groups is 1. The molecule has 0 saturated carbocycles. The summed E-state index contributed by atoms with van der Waals surface area (Å²) in [4.78, 5) is 24.2. The Morgan fingerprint density at radius 2 is 1.88 bits per heavy atom. The van der Waals surface area contributed by atoms with E-state index in [4.69, 9.17) is 9.47 Å². The van der Waals surface area contributed by atoms with Crippen molar-refractivity contribution < 1.29 is 24.0 Å². The van der Waals surface area contributed by atoms with Crippen molar-refractivity contribution >= 4 is 11.9 Å². The van der Waals surface area contributed by atoms with E-state index in [0.29, 0.717) is 18.0 Å². The molecule has 1 aromatic rings. The summed E-state index contributed by atoms with van der Waals surface area (Å²) in [5.74, 6) is 1.10. The lowest BCUT2D eigenvalue weighted by molar-refractivity contribution is -0.870. The molecule has 134 valence electrons. The molecule has 3 N–H and O–H groups in total. The number of carbonyl (C=O) groups is 2. The fraction of sp³-hybridized carbons (Fsp3) is 0.529. The zero-order valence-corrected chi connectivity index (χ0v) is 14.9. The average molecular weight is 338 g/mol. The van der Waals surface area contributed by atoms with Crippen molar-refractivity contribution in [1.82, 2.24) is 10.6 Å². The molecule has 0 saturated heterocycles. The van der Waals surface area contributed by atoms with Gasteiger partial charge in [0.25, 0.3) is 5.91 Å². The van der Waals surface area contributed by atoms with Crippen LogP contribution in [0.4, 0.5) is 4.79 Å². The lowest BCUT2D eigenvalue weighted by Crippen LogP contribution is -3.10. The number of rotatable bonds is 9. The minimum Gasteiger partial charge on any atom is -0.493 e. The predicted molar refractivity (Wildman–Crippen MR) is 91.7 cm³/mol. The fourth-order valence-electron chi connectivity index (χ4n) is 2.21. The number of ether oxygens (including phenoxy) is 2. The van der Waals surface area contributed by atoms with Crippen LogP contribution in [0.1, 0.15) is 18.9 Å². The van der Waals surface area contributed by atoms with Gasteiger partial charge in [-0.15, -0.1) is 0 Å². The summed E-state index contributed by atoms with van der Waals surface area (Å²) in [5.41, 5.74) is 1.10. The van der Waals surface area contributed by atoms with Crippen molar-refractivity contribution in [1.29, 1.82) is 0 Å². The summed E-state index contributed by atoms with van der Waals surface area (Å²) in [6.45, 7) is 3.52. The Bertz CT molecular complexity index is 549.